The summed E-state index contributed by atoms with van der Waals surface area (Å²) in [6.45, 7) is 12.6. The molecule has 1 saturated carbocycles. The third-order valence-corrected chi connectivity index (χ3v) is 6.94. The van der Waals surface area contributed by atoms with Crippen molar-refractivity contribution in [2.45, 2.75) is 65.0 Å². The smallest absolute Gasteiger partial charge is 0.245 e. The number of hydrogen-bond donors (Lipinski definition) is 1. The molecule has 1 aliphatic carbocycles. The van der Waals surface area contributed by atoms with E-state index in [9.17, 15) is 4.79 Å². The number of aromatic nitrogens is 4. The zero-order valence-electron chi connectivity index (χ0n) is 19.0. The highest BCUT2D eigenvalue weighted by Crippen LogP contribution is 2.35. The lowest BCUT2D eigenvalue weighted by Gasteiger charge is -2.33. The van der Waals surface area contributed by atoms with Gasteiger partial charge in [-0.3, -0.25) is 4.79 Å². The van der Waals surface area contributed by atoms with Crippen LogP contribution in [0.1, 0.15) is 72.3 Å². The molecule has 31 heavy (non-hydrogen) atoms. The second kappa shape index (κ2) is 9.30. The van der Waals surface area contributed by atoms with Crippen molar-refractivity contribution in [1.29, 1.82) is 0 Å². The van der Waals surface area contributed by atoms with Crippen LogP contribution in [0.25, 0.3) is 0 Å². The Morgan fingerprint density at radius 3 is 2.45 bits per heavy atom. The van der Waals surface area contributed by atoms with E-state index in [4.69, 9.17) is 0 Å². The standard InChI is InChI=1S/C24H34N6O/c1-5-21(31)29-11-9-19(10-12-29)15-25-23(22-17(3)13-16(2)14-18(22)4)24-26-27-28-30(24)20-7-6-8-20/h5,13-14,19-20,23,25H,1,6-12,15H2,2-4H3. The van der Waals surface area contributed by atoms with Crippen molar-refractivity contribution in [3.05, 3.63) is 52.9 Å². The van der Waals surface area contributed by atoms with Gasteiger partial charge in [-0.05, 0) is 98.5 Å². The molecule has 0 radical (unpaired) electrons. The maximum Gasteiger partial charge on any atom is 0.245 e. The molecule has 1 amide bonds. The van der Waals surface area contributed by atoms with E-state index in [2.05, 4.69) is 60.3 Å². The molecule has 166 valence electrons. The van der Waals surface area contributed by atoms with Gasteiger partial charge in [-0.25, -0.2) is 4.68 Å². The Bertz CT molecular complexity index is 916. The monoisotopic (exact) mass is 422 g/mol. The second-order valence-corrected chi connectivity index (χ2v) is 9.19. The van der Waals surface area contributed by atoms with Gasteiger partial charge in [-0.2, -0.15) is 0 Å². The number of amides is 1. The van der Waals surface area contributed by atoms with Crippen molar-refractivity contribution in [2.75, 3.05) is 19.6 Å². The first kappa shape index (κ1) is 21.7. The van der Waals surface area contributed by atoms with Crippen LogP contribution in [-0.4, -0.2) is 50.6 Å². The average molecular weight is 423 g/mol. The first-order chi connectivity index (χ1) is 15.0. The SMILES string of the molecule is C=CC(=O)N1CCC(CNC(c2c(C)cc(C)cc2C)c2nnnn2C2CCC2)CC1. The first-order valence-corrected chi connectivity index (χ1v) is 11.5. The second-order valence-electron chi connectivity index (χ2n) is 9.19. The molecule has 2 heterocycles. The summed E-state index contributed by atoms with van der Waals surface area (Å²) >= 11 is 0. The Balaban J connectivity index is 1.55. The van der Waals surface area contributed by atoms with Gasteiger partial charge in [0.25, 0.3) is 0 Å². The van der Waals surface area contributed by atoms with Crippen molar-refractivity contribution in [1.82, 2.24) is 30.4 Å². The van der Waals surface area contributed by atoms with E-state index >= 15 is 0 Å². The van der Waals surface area contributed by atoms with E-state index in [1.807, 2.05) is 9.58 Å². The number of hydrogen-bond acceptors (Lipinski definition) is 5. The topological polar surface area (TPSA) is 75.9 Å². The van der Waals surface area contributed by atoms with Crippen LogP contribution in [0.3, 0.4) is 0 Å². The van der Waals surface area contributed by atoms with Crippen molar-refractivity contribution in [3.8, 4) is 0 Å². The van der Waals surface area contributed by atoms with Crippen LogP contribution in [0.2, 0.25) is 0 Å². The predicted molar refractivity (Wildman–Crippen MR) is 121 cm³/mol. The number of benzene rings is 1. The van der Waals surface area contributed by atoms with E-state index in [0.717, 1.165) is 51.1 Å². The number of tetrazole rings is 1. The quantitative estimate of drug-likeness (QED) is 0.692. The highest BCUT2D eigenvalue weighted by atomic mass is 16.2. The van der Waals surface area contributed by atoms with Crippen LogP contribution in [0.5, 0.6) is 0 Å². The fraction of sp³-hybridized carbons (Fsp3) is 0.583. The van der Waals surface area contributed by atoms with Crippen LogP contribution >= 0.6 is 0 Å². The Labute approximate surface area is 184 Å². The minimum absolute atomic E-state index is 0.0369. The first-order valence-electron chi connectivity index (χ1n) is 11.5. The Morgan fingerprint density at radius 1 is 1.19 bits per heavy atom. The number of nitrogens with zero attached hydrogens (tertiary/aromatic N) is 5. The summed E-state index contributed by atoms with van der Waals surface area (Å²) < 4.78 is 2.05. The fourth-order valence-corrected chi connectivity index (χ4v) is 5.02. The van der Waals surface area contributed by atoms with Gasteiger partial charge >= 0.3 is 0 Å². The van der Waals surface area contributed by atoms with Gasteiger partial charge in [0.2, 0.25) is 5.91 Å². The number of carbonyl (C=O) groups excluding carboxylic acids is 1. The van der Waals surface area contributed by atoms with Gasteiger partial charge in [-0.1, -0.05) is 24.3 Å². The molecule has 1 aromatic heterocycles. The largest absolute Gasteiger partial charge is 0.339 e. The maximum atomic E-state index is 11.9. The van der Waals surface area contributed by atoms with Crippen LogP contribution < -0.4 is 5.32 Å². The lowest BCUT2D eigenvalue weighted by molar-refractivity contribution is -0.127. The van der Waals surface area contributed by atoms with E-state index in [0.29, 0.717) is 12.0 Å². The Hall–Kier alpha value is -2.54. The summed E-state index contributed by atoms with van der Waals surface area (Å²) in [4.78, 5) is 13.8. The molecule has 7 heteroatoms. The average Bonchev–Trinajstić information content (AvgIpc) is 3.17. The zero-order valence-corrected chi connectivity index (χ0v) is 19.0. The molecule has 1 aromatic carbocycles. The molecule has 0 bridgehead atoms. The normalized spacial score (nSPS) is 18.6. The van der Waals surface area contributed by atoms with Gasteiger partial charge in [0.05, 0.1) is 12.1 Å². The van der Waals surface area contributed by atoms with Crippen molar-refractivity contribution in [3.63, 3.8) is 0 Å². The molecule has 1 atom stereocenters. The van der Waals surface area contributed by atoms with E-state index < -0.39 is 0 Å². The van der Waals surface area contributed by atoms with E-state index in [-0.39, 0.29) is 11.9 Å². The van der Waals surface area contributed by atoms with Crippen LogP contribution in [0, 0.1) is 26.7 Å². The summed E-state index contributed by atoms with van der Waals surface area (Å²) in [5.41, 5.74) is 5.09. The minimum atomic E-state index is -0.0379. The summed E-state index contributed by atoms with van der Waals surface area (Å²) in [5.74, 6) is 1.48. The van der Waals surface area contributed by atoms with Gasteiger partial charge in [0, 0.05) is 13.1 Å². The van der Waals surface area contributed by atoms with Gasteiger partial charge < -0.3 is 10.2 Å². The lowest BCUT2D eigenvalue weighted by Crippen LogP contribution is -2.41. The van der Waals surface area contributed by atoms with Gasteiger partial charge in [0.1, 0.15) is 0 Å². The number of rotatable bonds is 7. The summed E-state index contributed by atoms with van der Waals surface area (Å²) in [6.07, 6.45) is 6.95. The number of nitrogens with one attached hydrogen (secondary N) is 1. The molecule has 1 aliphatic heterocycles. The van der Waals surface area contributed by atoms with Crippen LogP contribution in [-0.2, 0) is 4.79 Å². The molecule has 1 unspecified atom stereocenters. The molecule has 2 fully saturated rings. The molecule has 2 aliphatic rings. The third kappa shape index (κ3) is 4.56. The third-order valence-electron chi connectivity index (χ3n) is 6.94. The number of aryl methyl sites for hydroxylation is 3. The number of likely N-dealkylation sites (tertiary alicyclic amines) is 1. The zero-order chi connectivity index (χ0) is 22.0. The molecule has 4 rings (SSSR count). The number of piperidine rings is 1. The maximum absolute atomic E-state index is 11.9. The fourth-order valence-electron chi connectivity index (χ4n) is 5.02. The summed E-state index contributed by atoms with van der Waals surface area (Å²) in [6, 6.07) is 4.86. The molecule has 0 spiro atoms. The van der Waals surface area contributed by atoms with E-state index in [1.165, 1.54) is 34.8 Å². The van der Waals surface area contributed by atoms with Crippen LogP contribution in [0.4, 0.5) is 0 Å². The molecule has 1 saturated heterocycles. The molecule has 7 nitrogen and oxygen atoms in total. The van der Waals surface area contributed by atoms with Gasteiger partial charge in [0.15, 0.2) is 5.82 Å². The molecular weight excluding hydrogens is 388 g/mol. The number of carbonyl (C=O) groups is 1. The summed E-state index contributed by atoms with van der Waals surface area (Å²) in [5, 5.41) is 16.7. The van der Waals surface area contributed by atoms with Gasteiger partial charge in [-0.15, -0.1) is 5.10 Å². The van der Waals surface area contributed by atoms with E-state index in [1.54, 1.807) is 0 Å². The van der Waals surface area contributed by atoms with Crippen molar-refractivity contribution < 1.29 is 4.79 Å². The van der Waals surface area contributed by atoms with Crippen molar-refractivity contribution >= 4 is 5.91 Å². The lowest BCUT2D eigenvalue weighted by atomic mass is 9.90. The highest BCUT2D eigenvalue weighted by molar-refractivity contribution is 5.87. The minimum Gasteiger partial charge on any atom is -0.339 e. The van der Waals surface area contributed by atoms with Crippen molar-refractivity contribution in [2.24, 2.45) is 5.92 Å². The molecular formula is C24H34N6O. The highest BCUT2D eigenvalue weighted by Gasteiger charge is 2.31. The predicted octanol–water partition coefficient (Wildman–Crippen LogP) is 3.43. The Kier molecular flexibility index (Phi) is 6.51. The van der Waals surface area contributed by atoms with Crippen LogP contribution in [0.15, 0.2) is 24.8 Å². The Morgan fingerprint density at radius 2 is 1.87 bits per heavy atom. The summed E-state index contributed by atoms with van der Waals surface area (Å²) in [7, 11) is 0. The molecule has 1 N–H and O–H groups in total. The molecule has 2 aromatic rings.